The molecular weight excluding hydrogens is 409 g/mol. The van der Waals surface area contributed by atoms with Gasteiger partial charge in [0.25, 0.3) is 5.91 Å². The molecule has 0 aliphatic rings. The fourth-order valence-electron chi connectivity index (χ4n) is 1.58. The van der Waals surface area contributed by atoms with Gasteiger partial charge in [0.05, 0.1) is 8.95 Å². The third-order valence-electron chi connectivity index (χ3n) is 2.71. The Bertz CT molecular complexity index is 666. The first kappa shape index (κ1) is 15.4. The maximum atomic E-state index is 12.1. The van der Waals surface area contributed by atoms with Crippen molar-refractivity contribution in [3.05, 3.63) is 55.4 Å². The molecule has 20 heavy (non-hydrogen) atoms. The summed E-state index contributed by atoms with van der Waals surface area (Å²) in [6, 6.07) is 8.36. The van der Waals surface area contributed by atoms with Crippen molar-refractivity contribution in [1.29, 1.82) is 0 Å². The Kier molecular flexibility index (Phi) is 4.73. The summed E-state index contributed by atoms with van der Waals surface area (Å²) in [5, 5.41) is 12.9. The van der Waals surface area contributed by atoms with E-state index in [2.05, 4.69) is 37.2 Å². The van der Waals surface area contributed by atoms with Crippen LogP contribution in [0.3, 0.4) is 0 Å². The molecule has 3 nitrogen and oxygen atoms in total. The molecule has 0 unspecified atom stereocenters. The second kappa shape index (κ2) is 6.16. The highest BCUT2D eigenvalue weighted by molar-refractivity contribution is 9.11. The topological polar surface area (TPSA) is 49.3 Å². The first-order chi connectivity index (χ1) is 9.38. The molecule has 2 aromatic rings. The maximum Gasteiger partial charge on any atom is 0.255 e. The molecular formula is C14H10Br2ClNO2. The van der Waals surface area contributed by atoms with Crippen molar-refractivity contribution in [3.63, 3.8) is 0 Å². The van der Waals surface area contributed by atoms with E-state index in [1.165, 1.54) is 0 Å². The van der Waals surface area contributed by atoms with Gasteiger partial charge in [-0.1, -0.05) is 17.7 Å². The number of phenolic OH excluding ortho intramolecular Hbond substituents is 1. The lowest BCUT2D eigenvalue weighted by Crippen LogP contribution is -2.12. The minimum absolute atomic E-state index is 0.0846. The molecule has 6 heteroatoms. The van der Waals surface area contributed by atoms with Crippen LogP contribution in [0.25, 0.3) is 0 Å². The van der Waals surface area contributed by atoms with Crippen molar-refractivity contribution in [2.45, 2.75) is 6.92 Å². The van der Waals surface area contributed by atoms with Gasteiger partial charge in [-0.3, -0.25) is 4.79 Å². The van der Waals surface area contributed by atoms with Crippen molar-refractivity contribution in [1.82, 2.24) is 0 Å². The number of nitrogens with one attached hydrogen (secondary N) is 1. The monoisotopic (exact) mass is 417 g/mol. The van der Waals surface area contributed by atoms with Crippen LogP contribution in [-0.2, 0) is 0 Å². The van der Waals surface area contributed by atoms with Crippen molar-refractivity contribution in [3.8, 4) is 5.75 Å². The lowest BCUT2D eigenvalue weighted by atomic mass is 10.1. The van der Waals surface area contributed by atoms with Crippen LogP contribution in [0.2, 0.25) is 5.02 Å². The minimum atomic E-state index is -0.267. The van der Waals surface area contributed by atoms with Crippen LogP contribution in [0.5, 0.6) is 5.75 Å². The first-order valence-electron chi connectivity index (χ1n) is 5.64. The number of aromatic hydroxyl groups is 1. The van der Waals surface area contributed by atoms with Crippen LogP contribution < -0.4 is 5.32 Å². The zero-order chi connectivity index (χ0) is 14.9. The summed E-state index contributed by atoms with van der Waals surface area (Å²) in [7, 11) is 0. The molecule has 0 bridgehead atoms. The first-order valence-corrected chi connectivity index (χ1v) is 7.60. The molecule has 0 aliphatic heterocycles. The molecule has 0 aromatic heterocycles. The van der Waals surface area contributed by atoms with E-state index in [-0.39, 0.29) is 11.7 Å². The molecule has 0 atom stereocenters. The molecule has 0 heterocycles. The normalized spacial score (nSPS) is 10.4. The lowest BCUT2D eigenvalue weighted by Gasteiger charge is -2.09. The van der Waals surface area contributed by atoms with Gasteiger partial charge in [-0.25, -0.2) is 0 Å². The van der Waals surface area contributed by atoms with Crippen LogP contribution >= 0.6 is 43.5 Å². The number of carbonyl (C=O) groups excluding carboxylic acids is 1. The zero-order valence-electron chi connectivity index (χ0n) is 10.4. The van der Waals surface area contributed by atoms with E-state index in [0.717, 1.165) is 5.56 Å². The van der Waals surface area contributed by atoms with Gasteiger partial charge < -0.3 is 10.4 Å². The summed E-state index contributed by atoms with van der Waals surface area (Å²) in [5.74, 6) is -0.183. The second-order valence-corrected chi connectivity index (χ2v) is 6.32. The van der Waals surface area contributed by atoms with Crippen molar-refractivity contribution in [2.24, 2.45) is 0 Å². The largest absolute Gasteiger partial charge is 0.506 e. The number of hydrogen-bond acceptors (Lipinski definition) is 2. The number of hydrogen-bond donors (Lipinski definition) is 2. The Balaban J connectivity index is 2.25. The number of halogens is 3. The molecule has 2 aromatic carbocycles. The van der Waals surface area contributed by atoms with Crippen molar-refractivity contribution < 1.29 is 9.90 Å². The molecule has 0 saturated heterocycles. The number of amides is 1. The fourth-order valence-corrected chi connectivity index (χ4v) is 2.94. The smallest absolute Gasteiger partial charge is 0.255 e. The number of carbonyl (C=O) groups is 1. The van der Waals surface area contributed by atoms with E-state index in [0.29, 0.717) is 25.2 Å². The predicted molar refractivity (Wildman–Crippen MR) is 87.6 cm³/mol. The van der Waals surface area contributed by atoms with Gasteiger partial charge in [0, 0.05) is 16.3 Å². The van der Waals surface area contributed by atoms with E-state index in [1.807, 2.05) is 6.92 Å². The lowest BCUT2D eigenvalue weighted by molar-refractivity contribution is 0.102. The van der Waals surface area contributed by atoms with E-state index < -0.39 is 0 Å². The third-order valence-corrected chi connectivity index (χ3v) is 4.32. The highest BCUT2D eigenvalue weighted by Gasteiger charge is 2.11. The Morgan fingerprint density at radius 3 is 2.35 bits per heavy atom. The molecule has 1 amide bonds. The molecule has 0 spiro atoms. The summed E-state index contributed by atoms with van der Waals surface area (Å²) in [4.78, 5) is 12.1. The van der Waals surface area contributed by atoms with Crippen LogP contribution in [0, 0.1) is 6.92 Å². The van der Waals surface area contributed by atoms with E-state index in [4.69, 9.17) is 11.6 Å². The number of rotatable bonds is 2. The van der Waals surface area contributed by atoms with Gasteiger partial charge in [0.2, 0.25) is 0 Å². The summed E-state index contributed by atoms with van der Waals surface area (Å²) in [6.07, 6.45) is 0. The highest BCUT2D eigenvalue weighted by Crippen LogP contribution is 2.35. The van der Waals surface area contributed by atoms with E-state index in [9.17, 15) is 9.90 Å². The number of anilines is 1. The van der Waals surface area contributed by atoms with Crippen molar-refractivity contribution in [2.75, 3.05) is 5.32 Å². The average Bonchev–Trinajstić information content (AvgIpc) is 2.39. The van der Waals surface area contributed by atoms with Crippen LogP contribution in [0.1, 0.15) is 15.9 Å². The number of phenols is 1. The van der Waals surface area contributed by atoms with Crippen LogP contribution in [0.15, 0.2) is 39.3 Å². The summed E-state index contributed by atoms with van der Waals surface area (Å²) >= 11 is 12.4. The minimum Gasteiger partial charge on any atom is -0.506 e. The molecule has 0 saturated carbocycles. The Morgan fingerprint density at radius 1 is 1.20 bits per heavy atom. The zero-order valence-corrected chi connectivity index (χ0v) is 14.3. The van der Waals surface area contributed by atoms with Gasteiger partial charge in [-0.2, -0.15) is 0 Å². The predicted octanol–water partition coefficient (Wildman–Crippen LogP) is 5.13. The Hall–Kier alpha value is -1.04. The van der Waals surface area contributed by atoms with E-state index >= 15 is 0 Å². The van der Waals surface area contributed by atoms with Gasteiger partial charge in [0.1, 0.15) is 5.75 Å². The molecule has 2 N–H and O–H groups in total. The fraction of sp³-hybridized carbons (Fsp3) is 0.0714. The van der Waals surface area contributed by atoms with Gasteiger partial charge >= 0.3 is 0 Å². The molecule has 2 rings (SSSR count). The summed E-state index contributed by atoms with van der Waals surface area (Å²) in [5.41, 5.74) is 1.95. The third kappa shape index (κ3) is 3.34. The van der Waals surface area contributed by atoms with Gasteiger partial charge in [-0.05, 0) is 68.6 Å². The Labute approximate surface area is 138 Å². The standard InChI is InChI=1S/C14H10Br2ClNO2/c1-7-2-3-8(4-12(7)17)14(20)18-9-5-10(15)13(19)11(16)6-9/h2-6,19H,1H3,(H,18,20). The summed E-state index contributed by atoms with van der Waals surface area (Å²) < 4.78 is 0.980. The molecule has 104 valence electrons. The van der Waals surface area contributed by atoms with Crippen LogP contribution in [-0.4, -0.2) is 11.0 Å². The van der Waals surface area contributed by atoms with Gasteiger partial charge in [0.15, 0.2) is 0 Å². The molecule has 0 radical (unpaired) electrons. The Morgan fingerprint density at radius 2 is 1.80 bits per heavy atom. The van der Waals surface area contributed by atoms with Crippen LogP contribution in [0.4, 0.5) is 5.69 Å². The second-order valence-electron chi connectivity index (χ2n) is 4.21. The van der Waals surface area contributed by atoms with Crippen molar-refractivity contribution >= 4 is 55.1 Å². The molecule has 0 fully saturated rings. The average molecular weight is 420 g/mol. The summed E-state index contributed by atoms with van der Waals surface area (Å²) in [6.45, 7) is 1.87. The number of aryl methyl sites for hydroxylation is 1. The quantitative estimate of drug-likeness (QED) is 0.663. The molecule has 0 aliphatic carbocycles. The maximum absolute atomic E-state index is 12.1. The SMILES string of the molecule is Cc1ccc(C(=O)Nc2cc(Br)c(O)c(Br)c2)cc1Cl. The van der Waals surface area contributed by atoms with E-state index in [1.54, 1.807) is 30.3 Å². The van der Waals surface area contributed by atoms with Gasteiger partial charge in [-0.15, -0.1) is 0 Å². The number of benzene rings is 2. The highest BCUT2D eigenvalue weighted by atomic mass is 79.9.